The van der Waals surface area contributed by atoms with Crippen LogP contribution in [0.3, 0.4) is 0 Å². The molecular weight excluding hydrogens is 244 g/mol. The Kier molecular flexibility index (Phi) is 6.12. The summed E-state index contributed by atoms with van der Waals surface area (Å²) in [5.74, 6) is -0.537. The molecule has 0 bridgehead atoms. The molecule has 3 atom stereocenters. The highest BCUT2D eigenvalue weighted by molar-refractivity contribution is 5.83. The number of nitrogens with zero attached hydrogens (tertiary/aromatic N) is 1. The van der Waals surface area contributed by atoms with Gasteiger partial charge in [-0.15, -0.1) is 0 Å². The lowest BCUT2D eigenvalue weighted by molar-refractivity contribution is -0.143. The van der Waals surface area contributed by atoms with E-state index in [4.69, 9.17) is 0 Å². The number of carbonyl (C=O) groups excluding carboxylic acids is 1. The molecular formula is C14H26N2O3. The Morgan fingerprint density at radius 2 is 2.16 bits per heavy atom. The Morgan fingerprint density at radius 1 is 1.47 bits per heavy atom. The highest BCUT2D eigenvalue weighted by Crippen LogP contribution is 2.22. The molecule has 1 fully saturated rings. The standard InChI is InChI=1S/C14H26N2O3/c1-4-5-6-11(3)15-14(19)16-8-7-10(2)9-12(16)13(17)18/h10-12H,4-9H2,1-3H3,(H,15,19)(H,17,18). The fourth-order valence-corrected chi connectivity index (χ4v) is 2.49. The van der Waals surface area contributed by atoms with E-state index in [0.717, 1.165) is 25.7 Å². The molecule has 110 valence electrons. The number of urea groups is 1. The summed E-state index contributed by atoms with van der Waals surface area (Å²) < 4.78 is 0. The lowest BCUT2D eigenvalue weighted by Gasteiger charge is -2.36. The maximum absolute atomic E-state index is 12.1. The highest BCUT2D eigenvalue weighted by atomic mass is 16.4. The summed E-state index contributed by atoms with van der Waals surface area (Å²) in [7, 11) is 0. The van der Waals surface area contributed by atoms with Crippen LogP contribution in [0.25, 0.3) is 0 Å². The van der Waals surface area contributed by atoms with E-state index in [0.29, 0.717) is 18.9 Å². The number of rotatable bonds is 5. The Bertz CT molecular complexity index is 320. The SMILES string of the molecule is CCCCC(C)NC(=O)N1CCC(C)CC1C(=O)O. The number of aliphatic carboxylic acids is 1. The predicted octanol–water partition coefficient (Wildman–Crippen LogP) is 2.46. The lowest BCUT2D eigenvalue weighted by Crippen LogP contribution is -2.54. The molecule has 0 aromatic heterocycles. The summed E-state index contributed by atoms with van der Waals surface area (Å²) in [6.07, 6.45) is 4.52. The molecule has 0 saturated carbocycles. The molecule has 3 unspecified atom stereocenters. The van der Waals surface area contributed by atoms with Gasteiger partial charge in [-0.2, -0.15) is 0 Å². The van der Waals surface area contributed by atoms with Crippen molar-refractivity contribution in [3.8, 4) is 0 Å². The minimum Gasteiger partial charge on any atom is -0.480 e. The first-order chi connectivity index (χ1) is 8.95. The molecule has 0 aromatic rings. The summed E-state index contributed by atoms with van der Waals surface area (Å²) in [5.41, 5.74) is 0. The van der Waals surface area contributed by atoms with Crippen molar-refractivity contribution in [2.45, 2.75) is 65.0 Å². The fourth-order valence-electron chi connectivity index (χ4n) is 2.49. The van der Waals surface area contributed by atoms with Crippen LogP contribution in [-0.4, -0.2) is 40.6 Å². The van der Waals surface area contributed by atoms with Gasteiger partial charge in [-0.05, 0) is 32.1 Å². The Morgan fingerprint density at radius 3 is 2.74 bits per heavy atom. The Balaban J connectivity index is 2.56. The smallest absolute Gasteiger partial charge is 0.326 e. The zero-order chi connectivity index (χ0) is 14.4. The van der Waals surface area contributed by atoms with Gasteiger partial charge >= 0.3 is 12.0 Å². The van der Waals surface area contributed by atoms with E-state index in [2.05, 4.69) is 12.2 Å². The van der Waals surface area contributed by atoms with Gasteiger partial charge < -0.3 is 15.3 Å². The topological polar surface area (TPSA) is 69.6 Å². The summed E-state index contributed by atoms with van der Waals surface area (Å²) in [6.45, 7) is 6.65. The first kappa shape index (κ1) is 15.8. The maximum Gasteiger partial charge on any atom is 0.326 e. The molecule has 0 aromatic carbocycles. The number of carboxylic acids is 1. The average Bonchev–Trinajstić information content (AvgIpc) is 2.35. The Hall–Kier alpha value is -1.26. The van der Waals surface area contributed by atoms with Gasteiger partial charge in [-0.1, -0.05) is 26.7 Å². The second kappa shape index (κ2) is 7.36. The second-order valence-corrected chi connectivity index (χ2v) is 5.67. The van der Waals surface area contributed by atoms with Crippen LogP contribution >= 0.6 is 0 Å². The van der Waals surface area contributed by atoms with E-state index in [9.17, 15) is 14.7 Å². The van der Waals surface area contributed by atoms with Crippen LogP contribution in [-0.2, 0) is 4.79 Å². The summed E-state index contributed by atoms with van der Waals surface area (Å²) in [5, 5.41) is 12.1. The number of unbranched alkanes of at least 4 members (excludes halogenated alkanes) is 1. The first-order valence-corrected chi connectivity index (χ1v) is 7.25. The molecule has 1 heterocycles. The molecule has 1 saturated heterocycles. The second-order valence-electron chi connectivity index (χ2n) is 5.67. The molecule has 0 aliphatic carbocycles. The third kappa shape index (κ3) is 4.73. The largest absolute Gasteiger partial charge is 0.480 e. The van der Waals surface area contributed by atoms with E-state index in [-0.39, 0.29) is 12.1 Å². The van der Waals surface area contributed by atoms with Gasteiger partial charge in [0.25, 0.3) is 0 Å². The molecule has 5 nitrogen and oxygen atoms in total. The van der Waals surface area contributed by atoms with Crippen molar-refractivity contribution < 1.29 is 14.7 Å². The van der Waals surface area contributed by atoms with Crippen molar-refractivity contribution in [2.24, 2.45) is 5.92 Å². The Labute approximate surface area is 115 Å². The number of nitrogens with one attached hydrogen (secondary N) is 1. The number of piperidine rings is 1. The molecule has 5 heteroatoms. The molecule has 19 heavy (non-hydrogen) atoms. The molecule has 0 spiro atoms. The van der Waals surface area contributed by atoms with E-state index in [1.807, 2.05) is 13.8 Å². The van der Waals surface area contributed by atoms with Crippen LogP contribution in [0.4, 0.5) is 4.79 Å². The van der Waals surface area contributed by atoms with E-state index < -0.39 is 12.0 Å². The van der Waals surface area contributed by atoms with E-state index in [1.54, 1.807) is 0 Å². The van der Waals surface area contributed by atoms with Crippen LogP contribution in [0.2, 0.25) is 0 Å². The molecule has 1 rings (SSSR count). The quantitative estimate of drug-likeness (QED) is 0.806. The molecule has 0 radical (unpaired) electrons. The number of hydrogen-bond acceptors (Lipinski definition) is 2. The van der Waals surface area contributed by atoms with Gasteiger partial charge in [0, 0.05) is 12.6 Å². The van der Waals surface area contributed by atoms with Crippen LogP contribution in [0, 0.1) is 5.92 Å². The van der Waals surface area contributed by atoms with Crippen molar-refractivity contribution in [3.05, 3.63) is 0 Å². The van der Waals surface area contributed by atoms with Crippen LogP contribution in [0.5, 0.6) is 0 Å². The minimum absolute atomic E-state index is 0.0984. The van der Waals surface area contributed by atoms with Crippen molar-refractivity contribution in [2.75, 3.05) is 6.54 Å². The van der Waals surface area contributed by atoms with Gasteiger partial charge in [-0.25, -0.2) is 9.59 Å². The predicted molar refractivity (Wildman–Crippen MR) is 74.0 cm³/mol. The van der Waals surface area contributed by atoms with Crippen molar-refractivity contribution in [1.29, 1.82) is 0 Å². The van der Waals surface area contributed by atoms with Gasteiger partial charge in [-0.3, -0.25) is 0 Å². The number of carbonyl (C=O) groups is 2. The van der Waals surface area contributed by atoms with Gasteiger partial charge in [0.15, 0.2) is 0 Å². The van der Waals surface area contributed by atoms with Crippen molar-refractivity contribution >= 4 is 12.0 Å². The summed E-state index contributed by atoms with van der Waals surface area (Å²) in [6, 6.07) is -0.814. The third-order valence-electron chi connectivity index (χ3n) is 3.77. The first-order valence-electron chi connectivity index (χ1n) is 7.25. The van der Waals surface area contributed by atoms with Crippen LogP contribution in [0.1, 0.15) is 52.9 Å². The van der Waals surface area contributed by atoms with Gasteiger partial charge in [0.1, 0.15) is 6.04 Å². The average molecular weight is 270 g/mol. The lowest BCUT2D eigenvalue weighted by atomic mass is 9.93. The molecule has 1 aliphatic rings. The minimum atomic E-state index is -0.900. The molecule has 1 aliphatic heterocycles. The number of amides is 2. The normalized spacial score (nSPS) is 24.9. The van der Waals surface area contributed by atoms with Crippen LogP contribution < -0.4 is 5.32 Å². The van der Waals surface area contributed by atoms with Gasteiger partial charge in [0.05, 0.1) is 0 Å². The van der Waals surface area contributed by atoms with Crippen molar-refractivity contribution in [3.63, 3.8) is 0 Å². The monoisotopic (exact) mass is 270 g/mol. The summed E-state index contributed by atoms with van der Waals surface area (Å²) >= 11 is 0. The molecule has 2 N–H and O–H groups in total. The summed E-state index contributed by atoms with van der Waals surface area (Å²) in [4.78, 5) is 24.9. The van der Waals surface area contributed by atoms with Crippen molar-refractivity contribution in [1.82, 2.24) is 10.2 Å². The van der Waals surface area contributed by atoms with E-state index >= 15 is 0 Å². The fraction of sp³-hybridized carbons (Fsp3) is 0.857. The zero-order valence-corrected chi connectivity index (χ0v) is 12.2. The highest BCUT2D eigenvalue weighted by Gasteiger charge is 2.34. The van der Waals surface area contributed by atoms with Gasteiger partial charge in [0.2, 0.25) is 0 Å². The van der Waals surface area contributed by atoms with E-state index in [1.165, 1.54) is 4.90 Å². The number of carboxylic acid groups (broad SMARTS) is 1. The molecule has 2 amide bonds. The zero-order valence-electron chi connectivity index (χ0n) is 12.2. The van der Waals surface area contributed by atoms with Crippen LogP contribution in [0.15, 0.2) is 0 Å². The maximum atomic E-state index is 12.1. The number of likely N-dealkylation sites (tertiary alicyclic amines) is 1. The third-order valence-corrected chi connectivity index (χ3v) is 3.77. The number of hydrogen-bond donors (Lipinski definition) is 2.